The van der Waals surface area contributed by atoms with Crippen molar-refractivity contribution in [3.63, 3.8) is 0 Å². The molecule has 0 aromatic heterocycles. The first-order valence-electron chi connectivity index (χ1n) is 8.35. The van der Waals surface area contributed by atoms with Gasteiger partial charge in [0.15, 0.2) is 21.6 Å². The highest BCUT2D eigenvalue weighted by Crippen LogP contribution is 2.85. The fourth-order valence-electron chi connectivity index (χ4n) is 3.93. The fourth-order valence-corrected chi connectivity index (χ4v) is 18.9. The van der Waals surface area contributed by atoms with E-state index < -0.39 is 94.2 Å². The zero-order chi connectivity index (χ0) is 31.5. The van der Waals surface area contributed by atoms with Gasteiger partial charge in [-0.15, -0.1) is 0 Å². The average Bonchev–Trinajstić information content (AvgIpc) is 2.40. The van der Waals surface area contributed by atoms with E-state index in [1.54, 1.807) is 0 Å². The van der Waals surface area contributed by atoms with Crippen LogP contribution in [0.4, 0.5) is 0 Å². The SMILES string of the molecule is O=P(O)(O)C(CC(C(P(=O)(O)O)P(=O)(O)O)(C(P(=O)(O)O)P(=O)(O)O)C(P(=O)(O)O)P(=O)(O)O)P(=O)(O)O. The summed E-state index contributed by atoms with van der Waals surface area (Å²) in [7, 11) is -56.7. The molecule has 16 N–H and O–H groups in total. The summed E-state index contributed by atoms with van der Waals surface area (Å²) >= 11 is 0. The molecule has 0 spiro atoms. The average molecular weight is 726 g/mol. The minimum absolute atomic E-state index is 3.22. The lowest BCUT2D eigenvalue weighted by Gasteiger charge is -2.50. The lowest BCUT2D eigenvalue weighted by Crippen LogP contribution is -2.54. The minimum Gasteiger partial charge on any atom is -0.324 e. The van der Waals surface area contributed by atoms with Gasteiger partial charge in [-0.05, 0) is 6.42 Å². The number of rotatable bonds is 13. The van der Waals surface area contributed by atoms with Gasteiger partial charge in [-0.2, -0.15) is 0 Å². The highest BCUT2D eigenvalue weighted by molar-refractivity contribution is 7.75. The van der Waals surface area contributed by atoms with Gasteiger partial charge in [0.1, 0.15) is 0 Å². The topological polar surface area (TPSA) is 460 Å². The molecule has 0 atom stereocenters. The zero-order valence-electron chi connectivity index (χ0n) is 17.5. The Labute approximate surface area is 209 Å². The van der Waals surface area contributed by atoms with Gasteiger partial charge in [0.25, 0.3) is 0 Å². The molecule has 230 valence electrons. The van der Waals surface area contributed by atoms with E-state index in [4.69, 9.17) is 0 Å². The predicted molar refractivity (Wildman–Crippen MR) is 119 cm³/mol. The Kier molecular flexibility index (Phi) is 11.7. The van der Waals surface area contributed by atoms with Gasteiger partial charge < -0.3 is 78.3 Å². The van der Waals surface area contributed by atoms with Crippen LogP contribution >= 0.6 is 60.8 Å². The van der Waals surface area contributed by atoms with Gasteiger partial charge in [-0.25, -0.2) is 0 Å². The lowest BCUT2D eigenvalue weighted by atomic mass is 9.90. The van der Waals surface area contributed by atoms with Crippen LogP contribution < -0.4 is 0 Å². The predicted octanol–water partition coefficient (Wildman–Crippen LogP) is -2.91. The Morgan fingerprint density at radius 2 is 0.500 bits per heavy atom. The second-order valence-corrected chi connectivity index (χ2v) is 23.0. The maximum Gasteiger partial charge on any atom is 0.341 e. The molecule has 0 rings (SSSR count). The molecule has 0 bridgehead atoms. The lowest BCUT2D eigenvalue weighted by molar-refractivity contribution is 0.188. The molecule has 0 aromatic carbocycles. The molecule has 0 aliphatic rings. The molecule has 32 heteroatoms. The van der Waals surface area contributed by atoms with Gasteiger partial charge in [-0.3, -0.25) is 36.5 Å². The molecule has 24 nitrogen and oxygen atoms in total. The second kappa shape index (κ2) is 11.4. The normalized spacial score (nSPS) is 16.2. The van der Waals surface area contributed by atoms with E-state index in [9.17, 15) is 115 Å². The third-order valence-electron chi connectivity index (χ3n) is 4.67. The van der Waals surface area contributed by atoms with Crippen LogP contribution in [0.15, 0.2) is 0 Å². The maximum absolute atomic E-state index is 12.2. The van der Waals surface area contributed by atoms with Crippen LogP contribution in [0.2, 0.25) is 0 Å². The Morgan fingerprint density at radius 1 is 0.342 bits per heavy atom. The standard InChI is InChI=1S/C6H22O24P8/c7-31(8,9)2(32(10,11)12)1-6(3(33(13,14)15)34(16,17)18,4(35(19,20)21)36(22,23)24)5(37(25,26)27)38(28,29)30/h2-5H,1H2,(H2,7,8,9)(H2,10,11,12)(H2,13,14,15)(H2,16,17,18)(H2,19,20,21)(H2,22,23,24)(H2,25,26,27)(H2,28,29,30). The van der Waals surface area contributed by atoms with Crippen LogP contribution in [0.5, 0.6) is 0 Å². The van der Waals surface area contributed by atoms with Crippen LogP contribution in [0.25, 0.3) is 0 Å². The maximum atomic E-state index is 12.2. The second-order valence-electron chi connectivity index (χ2n) is 7.63. The third kappa shape index (κ3) is 9.35. The summed E-state index contributed by atoms with van der Waals surface area (Å²) in [6.45, 7) is 0. The van der Waals surface area contributed by atoms with Crippen LogP contribution in [0, 0.1) is 5.41 Å². The summed E-state index contributed by atoms with van der Waals surface area (Å²) in [6, 6.07) is 0. The molecule has 0 radical (unpaired) electrons. The summed E-state index contributed by atoms with van der Waals surface area (Å²) in [5.74, 6) is 0. The van der Waals surface area contributed by atoms with Crippen molar-refractivity contribution in [3.8, 4) is 0 Å². The van der Waals surface area contributed by atoms with E-state index in [1.165, 1.54) is 0 Å². The number of hydrogen-bond acceptors (Lipinski definition) is 8. The van der Waals surface area contributed by atoms with Crippen molar-refractivity contribution in [2.45, 2.75) is 28.0 Å². The van der Waals surface area contributed by atoms with Crippen molar-refractivity contribution in [3.05, 3.63) is 0 Å². The van der Waals surface area contributed by atoms with E-state index in [0.29, 0.717) is 0 Å². The molecular weight excluding hydrogens is 704 g/mol. The Hall–Kier alpha value is 1.20. The van der Waals surface area contributed by atoms with Gasteiger partial charge in [0.2, 0.25) is 0 Å². The van der Waals surface area contributed by atoms with E-state index in [2.05, 4.69) is 0 Å². The highest BCUT2D eigenvalue weighted by atomic mass is 31.3. The van der Waals surface area contributed by atoms with Crippen molar-refractivity contribution in [2.75, 3.05) is 0 Å². The summed E-state index contributed by atoms with van der Waals surface area (Å²) in [6.07, 6.45) is -3.22. The van der Waals surface area contributed by atoms with Crippen molar-refractivity contribution in [1.29, 1.82) is 0 Å². The first-order valence-corrected chi connectivity index (χ1v) is 21.8. The molecular formula is C6H22O24P8. The van der Waals surface area contributed by atoms with Crippen molar-refractivity contribution in [2.24, 2.45) is 5.41 Å². The van der Waals surface area contributed by atoms with Crippen molar-refractivity contribution < 1.29 is 115 Å². The first kappa shape index (κ1) is 39.2. The molecule has 0 aliphatic carbocycles. The summed E-state index contributed by atoms with van der Waals surface area (Å²) < 4.78 is 97.1. The van der Waals surface area contributed by atoms with Crippen LogP contribution in [0.1, 0.15) is 6.42 Å². The molecule has 0 unspecified atom stereocenters. The number of hydrogen-bond donors (Lipinski definition) is 16. The highest BCUT2D eigenvalue weighted by Gasteiger charge is 2.78. The van der Waals surface area contributed by atoms with Crippen LogP contribution in [-0.4, -0.2) is 99.9 Å². The Morgan fingerprint density at radius 3 is 0.605 bits per heavy atom. The molecule has 0 saturated heterocycles. The Bertz CT molecular complexity index is 1060. The molecule has 0 aliphatic heterocycles. The van der Waals surface area contributed by atoms with Gasteiger partial charge >= 0.3 is 60.8 Å². The van der Waals surface area contributed by atoms with E-state index in [0.717, 1.165) is 0 Å². The quantitative estimate of drug-likeness (QED) is 0.0846. The van der Waals surface area contributed by atoms with Gasteiger partial charge in [-0.1, -0.05) is 0 Å². The molecule has 38 heavy (non-hydrogen) atoms. The van der Waals surface area contributed by atoms with Crippen molar-refractivity contribution in [1.82, 2.24) is 0 Å². The minimum atomic E-state index is -7.21. The molecule has 0 fully saturated rings. The molecule has 0 saturated carbocycles. The summed E-state index contributed by atoms with van der Waals surface area (Å²) in [5, 5.41) is -18.5. The van der Waals surface area contributed by atoms with E-state index >= 15 is 0 Å². The summed E-state index contributed by atoms with van der Waals surface area (Å²) in [4.78, 5) is 153. The fraction of sp³-hybridized carbons (Fsp3) is 1.00. The van der Waals surface area contributed by atoms with Crippen LogP contribution in [-0.2, 0) is 36.5 Å². The summed E-state index contributed by atoms with van der Waals surface area (Å²) in [5.41, 5.74) is -5.47. The third-order valence-corrected chi connectivity index (χ3v) is 20.5. The van der Waals surface area contributed by atoms with Crippen LogP contribution in [0.3, 0.4) is 0 Å². The van der Waals surface area contributed by atoms with E-state index in [-0.39, 0.29) is 0 Å². The molecule has 0 amide bonds. The van der Waals surface area contributed by atoms with Gasteiger partial charge in [0, 0.05) is 5.41 Å². The van der Waals surface area contributed by atoms with Gasteiger partial charge in [0.05, 0.1) is 0 Å². The molecule has 0 heterocycles. The first-order chi connectivity index (χ1) is 15.9. The Balaban J connectivity index is 9.18. The van der Waals surface area contributed by atoms with E-state index in [1.807, 2.05) is 0 Å². The monoisotopic (exact) mass is 726 g/mol. The molecule has 0 aromatic rings. The largest absolute Gasteiger partial charge is 0.341 e. The smallest absolute Gasteiger partial charge is 0.324 e. The zero-order valence-corrected chi connectivity index (χ0v) is 24.7. The van der Waals surface area contributed by atoms with Crippen molar-refractivity contribution >= 4 is 60.8 Å².